The first-order valence-corrected chi connectivity index (χ1v) is 9.51. The lowest BCUT2D eigenvalue weighted by Gasteiger charge is -2.36. The minimum Gasteiger partial charge on any atom is -0.355 e. The van der Waals surface area contributed by atoms with E-state index >= 15 is 0 Å². The Kier molecular flexibility index (Phi) is 4.76. The van der Waals surface area contributed by atoms with Gasteiger partial charge in [0.2, 0.25) is 0 Å². The molecule has 1 aliphatic heterocycles. The van der Waals surface area contributed by atoms with E-state index in [1.165, 1.54) is 28.9 Å². The van der Waals surface area contributed by atoms with Crippen LogP contribution in [-0.2, 0) is 10.2 Å². The van der Waals surface area contributed by atoms with Gasteiger partial charge in [0.25, 0.3) is 16.1 Å². The summed E-state index contributed by atoms with van der Waals surface area (Å²) >= 11 is 0. The molecule has 2 aromatic heterocycles. The van der Waals surface area contributed by atoms with E-state index in [2.05, 4.69) is 15.4 Å². The molecule has 1 aliphatic rings. The van der Waals surface area contributed by atoms with Crippen LogP contribution in [0.2, 0.25) is 0 Å². The number of carbonyl (C=O) groups is 1. The molecule has 0 radical (unpaired) electrons. The molecule has 1 fully saturated rings. The Morgan fingerprint density at radius 1 is 1.36 bits per heavy atom. The molecule has 1 atom stereocenters. The second-order valence-electron chi connectivity index (χ2n) is 6.15. The zero-order valence-electron chi connectivity index (χ0n) is 14.5. The van der Waals surface area contributed by atoms with Gasteiger partial charge in [0.1, 0.15) is 5.56 Å². The Labute approximate surface area is 146 Å². The fraction of sp³-hybridized carbons (Fsp3) is 0.533. The molecule has 0 unspecified atom stereocenters. The first-order chi connectivity index (χ1) is 11.9. The van der Waals surface area contributed by atoms with Crippen LogP contribution in [-0.4, -0.2) is 65.2 Å². The molecule has 1 N–H and O–H groups in total. The topological polar surface area (TPSA) is 99.9 Å². The molecule has 10 heteroatoms. The lowest BCUT2D eigenvalue weighted by Crippen LogP contribution is -2.45. The minimum absolute atomic E-state index is 0.277. The average Bonchev–Trinajstić information content (AvgIpc) is 3.05. The predicted octanol–water partition coefficient (Wildman–Crippen LogP) is 0.422. The van der Waals surface area contributed by atoms with Crippen molar-refractivity contribution in [2.45, 2.75) is 25.3 Å². The van der Waals surface area contributed by atoms with E-state index in [4.69, 9.17) is 0 Å². The van der Waals surface area contributed by atoms with Crippen molar-refractivity contribution in [3.63, 3.8) is 0 Å². The summed E-state index contributed by atoms with van der Waals surface area (Å²) in [7, 11) is 1.05. The molecule has 0 saturated carbocycles. The van der Waals surface area contributed by atoms with E-state index in [9.17, 15) is 13.2 Å². The minimum atomic E-state index is -3.55. The Morgan fingerprint density at radius 2 is 2.12 bits per heavy atom. The zero-order chi connectivity index (χ0) is 18.2. The summed E-state index contributed by atoms with van der Waals surface area (Å²) in [6, 6.07) is 1.42. The number of fused-ring (bicyclic) bond motifs is 1. The Morgan fingerprint density at radius 3 is 2.80 bits per heavy atom. The van der Waals surface area contributed by atoms with Crippen LogP contribution in [0.3, 0.4) is 0 Å². The van der Waals surface area contributed by atoms with Gasteiger partial charge in [-0.15, -0.1) is 0 Å². The van der Waals surface area contributed by atoms with Gasteiger partial charge >= 0.3 is 0 Å². The normalized spacial score (nSPS) is 19.4. The van der Waals surface area contributed by atoms with Gasteiger partial charge in [-0.25, -0.2) is 9.50 Å². The number of piperidine rings is 1. The number of hydrogen-bond acceptors (Lipinski definition) is 5. The van der Waals surface area contributed by atoms with Crippen LogP contribution in [0, 0.1) is 0 Å². The largest absolute Gasteiger partial charge is 0.355 e. The third-order valence-electron chi connectivity index (χ3n) is 4.46. The summed E-state index contributed by atoms with van der Waals surface area (Å²) in [6.45, 7) is 0.457. The first kappa shape index (κ1) is 17.8. The lowest BCUT2D eigenvalue weighted by atomic mass is 10.0. The average molecular weight is 366 g/mol. The summed E-state index contributed by atoms with van der Waals surface area (Å²) in [5.74, 6) is -0.277. The molecule has 0 bridgehead atoms. The van der Waals surface area contributed by atoms with Crippen LogP contribution < -0.4 is 5.32 Å². The molecule has 3 heterocycles. The fourth-order valence-electron chi connectivity index (χ4n) is 3.14. The van der Waals surface area contributed by atoms with Gasteiger partial charge in [-0.1, -0.05) is 6.42 Å². The fourth-order valence-corrected chi connectivity index (χ4v) is 4.46. The van der Waals surface area contributed by atoms with Crippen LogP contribution in [0.1, 0.15) is 41.4 Å². The van der Waals surface area contributed by atoms with Crippen molar-refractivity contribution >= 4 is 21.8 Å². The number of hydrogen-bond donors (Lipinski definition) is 1. The molecular weight excluding hydrogens is 344 g/mol. The Hall–Kier alpha value is -2.04. The molecule has 25 heavy (non-hydrogen) atoms. The summed E-state index contributed by atoms with van der Waals surface area (Å²) in [5.41, 5.74) is 1.50. The molecule has 9 nitrogen and oxygen atoms in total. The second-order valence-corrected chi connectivity index (χ2v) is 8.25. The van der Waals surface area contributed by atoms with E-state index in [0.29, 0.717) is 29.9 Å². The summed E-state index contributed by atoms with van der Waals surface area (Å²) in [4.78, 5) is 16.2. The summed E-state index contributed by atoms with van der Waals surface area (Å²) in [5, 5.41) is 6.84. The van der Waals surface area contributed by atoms with Crippen molar-refractivity contribution in [3.8, 4) is 0 Å². The van der Waals surface area contributed by atoms with Gasteiger partial charge in [0.15, 0.2) is 5.65 Å². The highest BCUT2D eigenvalue weighted by Crippen LogP contribution is 2.33. The molecule has 2 aromatic rings. The van der Waals surface area contributed by atoms with Crippen molar-refractivity contribution in [1.82, 2.24) is 28.5 Å². The number of rotatable bonds is 4. The van der Waals surface area contributed by atoms with Gasteiger partial charge in [0.05, 0.1) is 17.9 Å². The van der Waals surface area contributed by atoms with Gasteiger partial charge in [-0.3, -0.25) is 4.79 Å². The van der Waals surface area contributed by atoms with Crippen LogP contribution >= 0.6 is 0 Å². The van der Waals surface area contributed by atoms with Crippen molar-refractivity contribution in [2.75, 3.05) is 27.7 Å². The highest BCUT2D eigenvalue weighted by molar-refractivity contribution is 7.86. The molecule has 0 aromatic carbocycles. The number of nitrogens with one attached hydrogen (secondary N) is 1. The standard InChI is InChI=1S/C15H22N6O3S/c1-16-15(22)11-10-18-21-13(7-8-17-14(11)21)12-6-4-5-9-20(12)25(23,24)19(2)3/h7-8,10,12H,4-6,9H2,1-3H3,(H,16,22)/t12-/m0/s1. The van der Waals surface area contributed by atoms with E-state index in [-0.39, 0.29) is 11.9 Å². The Bertz CT molecular complexity index is 892. The quantitative estimate of drug-likeness (QED) is 0.845. The maximum absolute atomic E-state index is 12.7. The SMILES string of the molecule is CNC(=O)c1cnn2c([C@@H]3CCCCN3S(=O)(=O)N(C)C)ccnc12. The molecule has 136 valence electrons. The number of aromatic nitrogens is 3. The van der Waals surface area contributed by atoms with E-state index in [1.54, 1.807) is 23.8 Å². The van der Waals surface area contributed by atoms with Crippen LogP contribution in [0.25, 0.3) is 5.65 Å². The number of amides is 1. The van der Waals surface area contributed by atoms with E-state index in [0.717, 1.165) is 12.8 Å². The summed E-state index contributed by atoms with van der Waals surface area (Å²) in [6.07, 6.45) is 5.49. The number of carbonyl (C=O) groups excluding carboxylic acids is 1. The molecular formula is C15H22N6O3S. The van der Waals surface area contributed by atoms with Crippen LogP contribution in [0.4, 0.5) is 0 Å². The third kappa shape index (κ3) is 3.00. The molecule has 1 amide bonds. The third-order valence-corrected chi connectivity index (χ3v) is 6.41. The van der Waals surface area contributed by atoms with Gasteiger partial charge in [-0.05, 0) is 18.9 Å². The van der Waals surface area contributed by atoms with Crippen LogP contribution in [0.15, 0.2) is 18.5 Å². The molecule has 0 spiro atoms. The van der Waals surface area contributed by atoms with Crippen molar-refractivity contribution < 1.29 is 13.2 Å². The smallest absolute Gasteiger partial charge is 0.282 e. The first-order valence-electron chi connectivity index (χ1n) is 8.12. The Balaban J connectivity index is 2.11. The molecule has 0 aliphatic carbocycles. The zero-order valence-corrected chi connectivity index (χ0v) is 15.3. The van der Waals surface area contributed by atoms with Crippen molar-refractivity contribution in [1.29, 1.82) is 0 Å². The van der Waals surface area contributed by atoms with Crippen molar-refractivity contribution in [2.24, 2.45) is 0 Å². The molecule has 1 saturated heterocycles. The van der Waals surface area contributed by atoms with E-state index in [1.807, 2.05) is 0 Å². The molecule has 3 rings (SSSR count). The second kappa shape index (κ2) is 6.70. The monoisotopic (exact) mass is 366 g/mol. The van der Waals surface area contributed by atoms with Crippen molar-refractivity contribution in [3.05, 3.63) is 29.7 Å². The number of nitrogens with zero attached hydrogens (tertiary/aromatic N) is 5. The lowest BCUT2D eigenvalue weighted by molar-refractivity contribution is 0.0964. The summed E-state index contributed by atoms with van der Waals surface area (Å²) < 4.78 is 29.7. The highest BCUT2D eigenvalue weighted by Gasteiger charge is 2.36. The maximum atomic E-state index is 12.7. The van der Waals surface area contributed by atoms with Gasteiger partial charge in [-0.2, -0.15) is 22.1 Å². The van der Waals surface area contributed by atoms with E-state index < -0.39 is 10.2 Å². The predicted molar refractivity (Wildman–Crippen MR) is 92.3 cm³/mol. The highest BCUT2D eigenvalue weighted by atomic mass is 32.2. The van der Waals surface area contributed by atoms with Gasteiger partial charge < -0.3 is 5.32 Å². The van der Waals surface area contributed by atoms with Crippen LogP contribution in [0.5, 0.6) is 0 Å². The van der Waals surface area contributed by atoms with Gasteiger partial charge in [0, 0.05) is 33.9 Å². The maximum Gasteiger partial charge on any atom is 0.282 e.